The molecule has 11 nitrogen and oxygen atoms in total. The monoisotopic (exact) mass is 574 g/mol. The van der Waals surface area contributed by atoms with Crippen molar-refractivity contribution in [1.29, 1.82) is 0 Å². The maximum absolute atomic E-state index is 13.1. The Kier molecular flexibility index (Phi) is 10.2. The van der Waals surface area contributed by atoms with Crippen LogP contribution in [-0.2, 0) is 32.6 Å². The predicted molar refractivity (Wildman–Crippen MR) is 151 cm³/mol. The Morgan fingerprint density at radius 1 is 1.15 bits per heavy atom. The van der Waals surface area contributed by atoms with Crippen LogP contribution in [0, 0.1) is 20.8 Å². The van der Waals surface area contributed by atoms with E-state index in [1.165, 1.54) is 6.34 Å². The number of carboxylic acids is 1. The summed E-state index contributed by atoms with van der Waals surface area (Å²) in [5.41, 5.74) is 5.96. The van der Waals surface area contributed by atoms with Gasteiger partial charge in [-0.2, -0.15) is 0 Å². The van der Waals surface area contributed by atoms with E-state index in [2.05, 4.69) is 20.6 Å². The molecule has 4 N–H and O–H groups in total. The van der Waals surface area contributed by atoms with Crippen LogP contribution >= 0.6 is 0 Å². The quantitative estimate of drug-likeness (QED) is 0.129. The summed E-state index contributed by atoms with van der Waals surface area (Å²) in [4.78, 5) is 30.1. The minimum Gasteiger partial charge on any atom is -0.487 e. The summed E-state index contributed by atoms with van der Waals surface area (Å²) in [6, 6.07) is 7.90. The topological polar surface area (TPSA) is 155 Å². The van der Waals surface area contributed by atoms with E-state index in [-0.39, 0.29) is 30.1 Å². The fraction of sp³-hybridized carbons (Fsp3) is 0.464. The molecule has 1 amide bonds. The number of carbonyl (C=O) groups is 2. The molecule has 0 saturated carbocycles. The number of ether oxygens (including phenoxy) is 2. The van der Waals surface area contributed by atoms with Crippen molar-refractivity contribution in [2.24, 2.45) is 4.99 Å². The summed E-state index contributed by atoms with van der Waals surface area (Å²) in [5, 5.41) is 11.7. The fourth-order valence-corrected chi connectivity index (χ4v) is 5.96. The molecule has 12 heteroatoms. The molecule has 1 atom stereocenters. The largest absolute Gasteiger partial charge is 0.487 e. The molecule has 2 aromatic rings. The summed E-state index contributed by atoms with van der Waals surface area (Å²) >= 11 is 0. The van der Waals surface area contributed by atoms with Gasteiger partial charge in [-0.15, -0.1) is 4.83 Å². The number of aliphatic carboxylic acids is 1. The van der Waals surface area contributed by atoms with E-state index in [9.17, 15) is 23.1 Å². The lowest BCUT2D eigenvalue weighted by atomic mass is 9.88. The molecule has 1 aliphatic rings. The minimum atomic E-state index is -3.91. The molecule has 40 heavy (non-hydrogen) atoms. The third-order valence-electron chi connectivity index (χ3n) is 6.87. The Balaban J connectivity index is 1.49. The van der Waals surface area contributed by atoms with Crippen LogP contribution in [0.1, 0.15) is 60.9 Å². The maximum Gasteiger partial charge on any atom is 0.408 e. The van der Waals surface area contributed by atoms with Crippen LogP contribution < -0.4 is 20.3 Å². The summed E-state index contributed by atoms with van der Waals surface area (Å²) < 4.78 is 37.5. The molecule has 1 aliphatic heterocycles. The molecule has 0 bridgehead atoms. The smallest absolute Gasteiger partial charge is 0.408 e. The second-order valence-electron chi connectivity index (χ2n) is 10.4. The van der Waals surface area contributed by atoms with Gasteiger partial charge in [-0.25, -0.2) is 18.0 Å². The van der Waals surface area contributed by atoms with E-state index in [1.54, 1.807) is 26.0 Å². The Morgan fingerprint density at radius 2 is 1.85 bits per heavy atom. The number of rotatable bonds is 12. The summed E-state index contributed by atoms with van der Waals surface area (Å²) in [7, 11) is -3.91. The number of fused-ring (bicyclic) bond motifs is 1. The van der Waals surface area contributed by atoms with Crippen LogP contribution in [0.3, 0.4) is 0 Å². The van der Waals surface area contributed by atoms with Crippen LogP contribution in [-0.4, -0.2) is 50.1 Å². The number of amides is 1. The van der Waals surface area contributed by atoms with E-state index in [4.69, 9.17) is 9.47 Å². The van der Waals surface area contributed by atoms with E-state index in [0.717, 1.165) is 35.3 Å². The second kappa shape index (κ2) is 13.1. The van der Waals surface area contributed by atoms with Crippen molar-refractivity contribution in [2.75, 3.05) is 6.54 Å². The zero-order valence-electron chi connectivity index (χ0n) is 23.5. The highest BCUT2D eigenvalue weighted by molar-refractivity contribution is 7.89. The molecular weight excluding hydrogens is 536 g/mol. The first-order valence-corrected chi connectivity index (χ1v) is 14.6. The van der Waals surface area contributed by atoms with Gasteiger partial charge in [0.1, 0.15) is 24.0 Å². The molecular formula is C28H38N4O7S. The van der Waals surface area contributed by atoms with E-state index < -0.39 is 28.1 Å². The second-order valence-corrected chi connectivity index (χ2v) is 12.0. The standard InChI is InChI=1S/C28H38N4O7S/c1-18-19(2)25(20(3)22-13-14-28(4,5)39-24(18)22)40(36,37)32-30-17-29-15-9-12-23(26(33)34)31-27(35)38-16-21-10-7-6-8-11-21/h6-8,10-11,17,23,32H,9,12-16H2,1-5H3,(H,29,30)(H,31,35)(H,33,34)/t23-/m1/s1. The van der Waals surface area contributed by atoms with Gasteiger partial charge in [0.05, 0.1) is 11.2 Å². The van der Waals surface area contributed by atoms with Gasteiger partial charge < -0.3 is 19.9 Å². The molecule has 0 spiro atoms. The third-order valence-corrected chi connectivity index (χ3v) is 8.40. The van der Waals surface area contributed by atoms with Crippen molar-refractivity contribution < 1.29 is 32.6 Å². The minimum absolute atomic E-state index is 0.0287. The number of sulfonamides is 1. The summed E-state index contributed by atoms with van der Waals surface area (Å²) in [6.07, 6.45) is 2.34. The van der Waals surface area contributed by atoms with Crippen molar-refractivity contribution in [2.45, 2.75) is 83.4 Å². The number of alkyl carbamates (subject to hydrolysis) is 1. The van der Waals surface area contributed by atoms with Gasteiger partial charge >= 0.3 is 12.1 Å². The number of carbonyl (C=O) groups excluding carboxylic acids is 1. The zero-order valence-corrected chi connectivity index (χ0v) is 24.4. The molecule has 2 aromatic carbocycles. The van der Waals surface area contributed by atoms with Crippen molar-refractivity contribution in [3.8, 4) is 5.75 Å². The molecule has 0 aliphatic carbocycles. The number of nitrogens with one attached hydrogen (secondary N) is 3. The highest BCUT2D eigenvalue weighted by Crippen LogP contribution is 2.42. The third kappa shape index (κ3) is 7.95. The van der Waals surface area contributed by atoms with E-state index in [1.807, 2.05) is 39.0 Å². The van der Waals surface area contributed by atoms with Crippen LogP contribution in [0.15, 0.2) is 40.2 Å². The van der Waals surface area contributed by atoms with Crippen molar-refractivity contribution in [1.82, 2.24) is 15.6 Å². The molecule has 0 unspecified atom stereocenters. The van der Waals surface area contributed by atoms with Gasteiger partial charge in [-0.05, 0) is 88.1 Å². The van der Waals surface area contributed by atoms with Gasteiger partial charge in [0.2, 0.25) is 0 Å². The highest BCUT2D eigenvalue weighted by atomic mass is 32.2. The van der Waals surface area contributed by atoms with Crippen LogP contribution in [0.4, 0.5) is 4.79 Å². The van der Waals surface area contributed by atoms with Crippen LogP contribution in [0.25, 0.3) is 0 Å². The van der Waals surface area contributed by atoms with Gasteiger partial charge in [0, 0.05) is 6.54 Å². The molecule has 1 heterocycles. The lowest BCUT2D eigenvalue weighted by molar-refractivity contribution is -0.139. The molecule has 218 valence electrons. The Bertz CT molecular complexity index is 1360. The van der Waals surface area contributed by atoms with Gasteiger partial charge in [0.15, 0.2) is 0 Å². The fourth-order valence-electron chi connectivity index (χ4n) is 4.57. The number of nitrogens with zero attached hydrogens (tertiary/aromatic N) is 1. The van der Waals surface area contributed by atoms with Crippen LogP contribution in [0.5, 0.6) is 5.75 Å². The molecule has 0 aromatic heterocycles. The molecule has 0 radical (unpaired) electrons. The zero-order chi connectivity index (χ0) is 29.5. The number of carboxylic acid groups (broad SMARTS) is 1. The Morgan fingerprint density at radius 3 is 2.52 bits per heavy atom. The number of hydrogen-bond acceptors (Lipinski definition) is 7. The van der Waals surface area contributed by atoms with Gasteiger partial charge in [-0.1, -0.05) is 30.3 Å². The Hall–Kier alpha value is -3.64. The first kappa shape index (κ1) is 30.9. The lowest BCUT2D eigenvalue weighted by Gasteiger charge is -2.35. The van der Waals surface area contributed by atoms with Crippen molar-refractivity contribution in [3.63, 3.8) is 0 Å². The number of benzene rings is 2. The number of hydrogen-bond donors (Lipinski definition) is 4. The summed E-state index contributed by atoms with van der Waals surface area (Å²) in [6.45, 7) is 9.71. The normalized spacial score (nSPS) is 15.1. The first-order chi connectivity index (χ1) is 18.8. The number of hydrazine groups is 1. The van der Waals surface area contributed by atoms with Crippen LogP contribution in [0.2, 0.25) is 0 Å². The van der Waals surface area contributed by atoms with E-state index in [0.29, 0.717) is 17.5 Å². The average molecular weight is 575 g/mol. The molecule has 3 rings (SSSR count). The predicted octanol–water partition coefficient (Wildman–Crippen LogP) is 3.69. The average Bonchev–Trinajstić information content (AvgIpc) is 2.89. The highest BCUT2D eigenvalue weighted by Gasteiger charge is 2.33. The molecule has 0 saturated heterocycles. The molecule has 0 fully saturated rings. The maximum atomic E-state index is 13.1. The van der Waals surface area contributed by atoms with Crippen molar-refractivity contribution in [3.05, 3.63) is 58.1 Å². The van der Waals surface area contributed by atoms with Crippen molar-refractivity contribution >= 4 is 28.4 Å². The van der Waals surface area contributed by atoms with Gasteiger partial charge in [0.25, 0.3) is 10.0 Å². The van der Waals surface area contributed by atoms with E-state index >= 15 is 0 Å². The number of aliphatic imine (C=N–C) groups is 1. The van der Waals surface area contributed by atoms with Gasteiger partial charge in [-0.3, -0.25) is 10.4 Å². The SMILES string of the molecule is Cc1c(C)c(S(=O)(=O)NNC=NCCC[C@@H](NC(=O)OCc2ccccc2)C(=O)O)c(C)c2c1OC(C)(C)CC2. The Labute approximate surface area is 235 Å². The summed E-state index contributed by atoms with van der Waals surface area (Å²) in [5.74, 6) is -0.426. The first-order valence-electron chi connectivity index (χ1n) is 13.1. The lowest BCUT2D eigenvalue weighted by Crippen LogP contribution is -2.41.